The first-order valence-corrected chi connectivity index (χ1v) is 8.29. The van der Waals surface area contributed by atoms with Gasteiger partial charge in [-0.15, -0.1) is 11.3 Å². The fourth-order valence-electron chi connectivity index (χ4n) is 2.11. The Kier molecular flexibility index (Phi) is 7.08. The van der Waals surface area contributed by atoms with Crippen LogP contribution in [0.15, 0.2) is 5.38 Å². The molecule has 1 fully saturated rings. The van der Waals surface area contributed by atoms with Crippen molar-refractivity contribution >= 4 is 17.2 Å². The molecule has 2 rings (SSSR count). The normalized spacial score (nSPS) is 18.0. The lowest BCUT2D eigenvalue weighted by atomic mass is 10.2. The number of nitrogens with zero attached hydrogens (tertiary/aromatic N) is 1. The van der Waals surface area contributed by atoms with Crippen LogP contribution in [0.5, 0.6) is 0 Å². The van der Waals surface area contributed by atoms with Gasteiger partial charge in [0.2, 0.25) is 0 Å². The number of amides is 1. The monoisotopic (exact) mass is 313 g/mol. The van der Waals surface area contributed by atoms with E-state index in [0.717, 1.165) is 37.3 Å². The lowest BCUT2D eigenvalue weighted by molar-refractivity contribution is 0.0166. The summed E-state index contributed by atoms with van der Waals surface area (Å²) < 4.78 is 11.0. The van der Waals surface area contributed by atoms with Crippen LogP contribution in [-0.2, 0) is 15.9 Å². The van der Waals surface area contributed by atoms with Crippen molar-refractivity contribution in [1.82, 2.24) is 10.3 Å². The van der Waals surface area contributed by atoms with Crippen LogP contribution < -0.4 is 11.1 Å². The van der Waals surface area contributed by atoms with Gasteiger partial charge >= 0.3 is 0 Å². The van der Waals surface area contributed by atoms with Crippen LogP contribution in [0.1, 0.15) is 34.8 Å². The Bertz CT molecular complexity index is 433. The fourth-order valence-corrected chi connectivity index (χ4v) is 2.90. The number of thiazole rings is 1. The molecule has 1 aliphatic rings. The number of carbonyl (C=O) groups excluding carboxylic acids is 1. The highest BCUT2D eigenvalue weighted by atomic mass is 32.1. The Hall–Kier alpha value is -1.02. The molecule has 2 heterocycles. The van der Waals surface area contributed by atoms with E-state index in [0.29, 0.717) is 32.0 Å². The molecule has 1 aliphatic heterocycles. The third-order valence-corrected chi connectivity index (χ3v) is 4.13. The van der Waals surface area contributed by atoms with Crippen molar-refractivity contribution in [3.63, 3.8) is 0 Å². The van der Waals surface area contributed by atoms with Crippen LogP contribution in [-0.4, -0.2) is 49.9 Å². The quantitative estimate of drug-likeness (QED) is 0.663. The van der Waals surface area contributed by atoms with Crippen molar-refractivity contribution < 1.29 is 14.3 Å². The Labute approximate surface area is 129 Å². The second-order valence-corrected chi connectivity index (χ2v) is 5.93. The van der Waals surface area contributed by atoms with Gasteiger partial charge in [-0.25, -0.2) is 4.98 Å². The van der Waals surface area contributed by atoms with E-state index in [1.807, 2.05) is 0 Å². The summed E-state index contributed by atoms with van der Waals surface area (Å²) in [5, 5.41) is 5.52. The van der Waals surface area contributed by atoms with Gasteiger partial charge in [0.25, 0.3) is 5.91 Å². The molecule has 1 aromatic heterocycles. The number of ether oxygens (including phenoxy) is 2. The fraction of sp³-hybridized carbons (Fsp3) is 0.714. The van der Waals surface area contributed by atoms with E-state index in [1.165, 1.54) is 11.3 Å². The molecule has 0 radical (unpaired) electrons. The van der Waals surface area contributed by atoms with E-state index in [-0.39, 0.29) is 12.0 Å². The highest BCUT2D eigenvalue weighted by Gasteiger charge is 2.15. The molecule has 118 valence electrons. The van der Waals surface area contributed by atoms with Crippen molar-refractivity contribution in [2.45, 2.75) is 31.8 Å². The average Bonchev–Trinajstić information content (AvgIpc) is 3.14. The van der Waals surface area contributed by atoms with Crippen LogP contribution in [0.3, 0.4) is 0 Å². The van der Waals surface area contributed by atoms with Crippen molar-refractivity contribution in [2.24, 2.45) is 5.73 Å². The second kappa shape index (κ2) is 9.09. The number of hydrogen-bond donors (Lipinski definition) is 2. The summed E-state index contributed by atoms with van der Waals surface area (Å²) in [6.07, 6.45) is 3.98. The Morgan fingerprint density at radius 2 is 2.52 bits per heavy atom. The summed E-state index contributed by atoms with van der Waals surface area (Å²) in [6, 6.07) is 0. The van der Waals surface area contributed by atoms with Gasteiger partial charge in [-0.05, 0) is 25.8 Å². The highest BCUT2D eigenvalue weighted by Crippen LogP contribution is 2.12. The predicted molar refractivity (Wildman–Crippen MR) is 81.6 cm³/mol. The maximum Gasteiger partial charge on any atom is 0.270 e. The minimum absolute atomic E-state index is 0.131. The first-order chi connectivity index (χ1) is 10.3. The third kappa shape index (κ3) is 5.70. The highest BCUT2D eigenvalue weighted by molar-refractivity contribution is 7.09. The van der Waals surface area contributed by atoms with Crippen molar-refractivity contribution in [3.05, 3.63) is 16.1 Å². The van der Waals surface area contributed by atoms with Gasteiger partial charge in [0.1, 0.15) is 5.69 Å². The van der Waals surface area contributed by atoms with Crippen LogP contribution in [0, 0.1) is 0 Å². The van der Waals surface area contributed by atoms with E-state index >= 15 is 0 Å². The standard InChI is InChI=1S/C14H23N3O3S/c15-5-4-13-17-12(10-21-13)14(18)16-6-2-7-19-9-11-3-1-8-20-11/h10-11H,1-9,15H2,(H,16,18). The van der Waals surface area contributed by atoms with Gasteiger partial charge in [0.15, 0.2) is 0 Å². The minimum atomic E-state index is -0.131. The van der Waals surface area contributed by atoms with Crippen LogP contribution >= 0.6 is 11.3 Å². The molecule has 1 saturated heterocycles. The number of carbonyl (C=O) groups is 1. The summed E-state index contributed by atoms with van der Waals surface area (Å²) in [6.45, 7) is 3.28. The number of rotatable bonds is 9. The Morgan fingerprint density at radius 1 is 1.62 bits per heavy atom. The van der Waals surface area contributed by atoms with Crippen LogP contribution in [0.25, 0.3) is 0 Å². The molecule has 1 amide bonds. The van der Waals surface area contributed by atoms with E-state index in [1.54, 1.807) is 5.38 Å². The molecule has 7 heteroatoms. The largest absolute Gasteiger partial charge is 0.379 e. The molecule has 6 nitrogen and oxygen atoms in total. The zero-order chi connectivity index (χ0) is 14.9. The summed E-state index contributed by atoms with van der Waals surface area (Å²) in [5.41, 5.74) is 5.94. The molecular weight excluding hydrogens is 290 g/mol. The molecule has 1 atom stereocenters. The molecule has 0 bridgehead atoms. The van der Waals surface area contributed by atoms with Gasteiger partial charge in [0, 0.05) is 31.6 Å². The first kappa shape index (κ1) is 16.4. The summed E-state index contributed by atoms with van der Waals surface area (Å²) in [4.78, 5) is 16.1. The van der Waals surface area contributed by atoms with Gasteiger partial charge < -0.3 is 20.5 Å². The smallest absolute Gasteiger partial charge is 0.270 e. The zero-order valence-electron chi connectivity index (χ0n) is 12.2. The third-order valence-electron chi connectivity index (χ3n) is 3.22. The van der Waals surface area contributed by atoms with Gasteiger partial charge in [0.05, 0.1) is 17.7 Å². The van der Waals surface area contributed by atoms with Gasteiger partial charge in [-0.2, -0.15) is 0 Å². The summed E-state index contributed by atoms with van der Waals surface area (Å²) in [5.74, 6) is -0.131. The molecular formula is C14H23N3O3S. The first-order valence-electron chi connectivity index (χ1n) is 7.41. The lowest BCUT2D eigenvalue weighted by Crippen LogP contribution is -2.26. The van der Waals surface area contributed by atoms with Gasteiger partial charge in [-0.3, -0.25) is 4.79 Å². The predicted octanol–water partition coefficient (Wildman–Crippen LogP) is 0.960. The average molecular weight is 313 g/mol. The van der Waals surface area contributed by atoms with Crippen molar-refractivity contribution in [1.29, 1.82) is 0 Å². The molecule has 21 heavy (non-hydrogen) atoms. The number of aromatic nitrogens is 1. The van der Waals surface area contributed by atoms with E-state index in [9.17, 15) is 4.79 Å². The molecule has 3 N–H and O–H groups in total. The van der Waals surface area contributed by atoms with E-state index in [4.69, 9.17) is 15.2 Å². The molecule has 1 unspecified atom stereocenters. The van der Waals surface area contributed by atoms with E-state index in [2.05, 4.69) is 10.3 Å². The Balaban J connectivity index is 1.54. The summed E-state index contributed by atoms with van der Waals surface area (Å²) in [7, 11) is 0. The van der Waals surface area contributed by atoms with Crippen molar-refractivity contribution in [2.75, 3.05) is 32.9 Å². The SMILES string of the molecule is NCCc1nc(C(=O)NCCCOCC2CCCO2)cs1. The maximum atomic E-state index is 11.8. The maximum absolute atomic E-state index is 11.8. The second-order valence-electron chi connectivity index (χ2n) is 4.98. The van der Waals surface area contributed by atoms with E-state index < -0.39 is 0 Å². The lowest BCUT2D eigenvalue weighted by Gasteiger charge is -2.10. The number of nitrogens with one attached hydrogen (secondary N) is 1. The van der Waals surface area contributed by atoms with Crippen molar-refractivity contribution in [3.8, 4) is 0 Å². The Morgan fingerprint density at radius 3 is 3.29 bits per heavy atom. The number of hydrogen-bond acceptors (Lipinski definition) is 6. The number of nitrogens with two attached hydrogens (primary N) is 1. The van der Waals surface area contributed by atoms with Crippen LogP contribution in [0.2, 0.25) is 0 Å². The molecule has 0 saturated carbocycles. The topological polar surface area (TPSA) is 86.5 Å². The molecule has 0 spiro atoms. The molecule has 1 aromatic rings. The molecule has 0 aliphatic carbocycles. The molecule has 0 aromatic carbocycles. The zero-order valence-corrected chi connectivity index (χ0v) is 13.0. The van der Waals surface area contributed by atoms with Gasteiger partial charge in [-0.1, -0.05) is 0 Å². The minimum Gasteiger partial charge on any atom is -0.379 e. The van der Waals surface area contributed by atoms with Crippen LogP contribution in [0.4, 0.5) is 0 Å². The summed E-state index contributed by atoms with van der Waals surface area (Å²) >= 11 is 1.47.